The minimum atomic E-state index is -4.39. The van der Waals surface area contributed by atoms with Gasteiger partial charge in [-0.1, -0.05) is 28.9 Å². The summed E-state index contributed by atoms with van der Waals surface area (Å²) < 4.78 is 38.4. The molecule has 5 heteroatoms. The number of rotatable bonds is 3. The topological polar surface area (TPSA) is 17.1 Å². The van der Waals surface area contributed by atoms with Gasteiger partial charge in [-0.25, -0.2) is 0 Å². The Labute approximate surface area is 99.8 Å². The fourth-order valence-corrected chi connectivity index (χ4v) is 1.75. The van der Waals surface area contributed by atoms with Gasteiger partial charge >= 0.3 is 6.18 Å². The molecule has 0 aliphatic carbocycles. The van der Waals surface area contributed by atoms with Crippen molar-refractivity contribution in [3.8, 4) is 0 Å². The molecule has 0 fully saturated rings. The summed E-state index contributed by atoms with van der Waals surface area (Å²) in [7, 11) is 0. The van der Waals surface area contributed by atoms with E-state index in [1.54, 1.807) is 13.0 Å². The quantitative estimate of drug-likeness (QED) is 0.774. The van der Waals surface area contributed by atoms with Gasteiger partial charge in [0, 0.05) is 10.4 Å². The number of hydrogen-bond donors (Lipinski definition) is 0. The zero-order chi connectivity index (χ0) is 12.3. The van der Waals surface area contributed by atoms with Crippen molar-refractivity contribution in [3.63, 3.8) is 0 Å². The maximum atomic E-state index is 12.7. The van der Waals surface area contributed by atoms with Gasteiger partial charge < -0.3 is 4.79 Å². The Kier molecular flexibility index (Phi) is 4.13. The van der Waals surface area contributed by atoms with Gasteiger partial charge in [-0.3, -0.25) is 0 Å². The van der Waals surface area contributed by atoms with Crippen LogP contribution in [0.15, 0.2) is 22.7 Å². The van der Waals surface area contributed by atoms with Crippen molar-refractivity contribution in [2.24, 2.45) is 5.92 Å². The largest absolute Gasteiger partial charge is 0.416 e. The van der Waals surface area contributed by atoms with Crippen molar-refractivity contribution >= 4 is 22.2 Å². The number of halogens is 4. The average molecular weight is 295 g/mol. The molecule has 88 valence electrons. The fraction of sp³-hybridized carbons (Fsp3) is 0.364. The lowest BCUT2D eigenvalue weighted by molar-refractivity contribution is -0.138. The Hall–Kier alpha value is -0.840. The number of carbonyl (C=O) groups excluding carboxylic acids is 1. The second-order valence-corrected chi connectivity index (χ2v) is 4.53. The number of hydrogen-bond acceptors (Lipinski definition) is 1. The van der Waals surface area contributed by atoms with Crippen molar-refractivity contribution in [3.05, 3.63) is 33.8 Å². The molecule has 0 bridgehead atoms. The molecule has 0 saturated carbocycles. The van der Waals surface area contributed by atoms with E-state index in [0.717, 1.165) is 6.07 Å². The van der Waals surface area contributed by atoms with Crippen LogP contribution in [0, 0.1) is 5.92 Å². The van der Waals surface area contributed by atoms with Crippen LogP contribution in [0.1, 0.15) is 18.1 Å². The van der Waals surface area contributed by atoms with Gasteiger partial charge in [0.2, 0.25) is 0 Å². The van der Waals surface area contributed by atoms with Crippen LogP contribution in [0.3, 0.4) is 0 Å². The molecule has 1 rings (SSSR count). The van der Waals surface area contributed by atoms with Gasteiger partial charge in [0.25, 0.3) is 0 Å². The smallest absolute Gasteiger partial charge is 0.303 e. The SMILES string of the molecule is CC(C=O)Cc1ccc(Br)cc1C(F)(F)F. The molecule has 1 unspecified atom stereocenters. The van der Waals surface area contributed by atoms with Crippen LogP contribution < -0.4 is 0 Å². The van der Waals surface area contributed by atoms with E-state index < -0.39 is 17.7 Å². The highest BCUT2D eigenvalue weighted by molar-refractivity contribution is 9.10. The fourth-order valence-electron chi connectivity index (χ4n) is 1.39. The zero-order valence-electron chi connectivity index (χ0n) is 8.51. The van der Waals surface area contributed by atoms with Crippen LogP contribution >= 0.6 is 15.9 Å². The first kappa shape index (κ1) is 13.2. The van der Waals surface area contributed by atoms with Crippen LogP contribution in [0.2, 0.25) is 0 Å². The van der Waals surface area contributed by atoms with E-state index in [9.17, 15) is 18.0 Å². The number of carbonyl (C=O) groups is 1. The third-order valence-corrected chi connectivity index (χ3v) is 2.64. The van der Waals surface area contributed by atoms with E-state index in [4.69, 9.17) is 0 Å². The molecule has 16 heavy (non-hydrogen) atoms. The summed E-state index contributed by atoms with van der Waals surface area (Å²) in [6.45, 7) is 1.59. The molecule has 1 nitrogen and oxygen atoms in total. The van der Waals surface area contributed by atoms with Crippen LogP contribution in [0.4, 0.5) is 13.2 Å². The van der Waals surface area contributed by atoms with E-state index >= 15 is 0 Å². The first-order chi connectivity index (χ1) is 7.34. The highest BCUT2D eigenvalue weighted by Crippen LogP contribution is 2.34. The van der Waals surface area contributed by atoms with Gasteiger partial charge in [-0.15, -0.1) is 0 Å². The predicted molar refractivity (Wildman–Crippen MR) is 58.1 cm³/mol. The Balaban J connectivity index is 3.13. The average Bonchev–Trinajstić information content (AvgIpc) is 2.19. The van der Waals surface area contributed by atoms with E-state index in [0.29, 0.717) is 10.8 Å². The van der Waals surface area contributed by atoms with Crippen LogP contribution in [0.25, 0.3) is 0 Å². The van der Waals surface area contributed by atoms with E-state index in [2.05, 4.69) is 15.9 Å². The minimum Gasteiger partial charge on any atom is -0.303 e. The molecule has 0 heterocycles. The van der Waals surface area contributed by atoms with Gasteiger partial charge in [0.05, 0.1) is 5.56 Å². The Morgan fingerprint density at radius 3 is 2.56 bits per heavy atom. The Bertz CT molecular complexity index is 387. The second kappa shape index (κ2) is 4.99. The summed E-state index contributed by atoms with van der Waals surface area (Å²) in [6, 6.07) is 3.97. The van der Waals surface area contributed by atoms with Crippen molar-refractivity contribution in [2.45, 2.75) is 19.5 Å². The highest BCUT2D eigenvalue weighted by atomic mass is 79.9. The highest BCUT2D eigenvalue weighted by Gasteiger charge is 2.33. The number of aldehydes is 1. The normalized spacial score (nSPS) is 13.6. The summed E-state index contributed by atoms with van der Waals surface area (Å²) in [5.41, 5.74) is -0.536. The molecule has 0 aromatic heterocycles. The van der Waals surface area contributed by atoms with E-state index in [1.807, 2.05) is 0 Å². The summed E-state index contributed by atoms with van der Waals surface area (Å²) in [6.07, 6.45) is -3.63. The zero-order valence-corrected chi connectivity index (χ0v) is 10.1. The monoisotopic (exact) mass is 294 g/mol. The first-order valence-electron chi connectivity index (χ1n) is 4.65. The third-order valence-electron chi connectivity index (χ3n) is 2.15. The van der Waals surface area contributed by atoms with Gasteiger partial charge in [-0.2, -0.15) is 13.2 Å². The molecule has 0 aliphatic rings. The molecule has 0 aliphatic heterocycles. The Morgan fingerprint density at radius 2 is 2.06 bits per heavy atom. The van der Waals surface area contributed by atoms with Crippen molar-refractivity contribution in [1.82, 2.24) is 0 Å². The minimum absolute atomic E-state index is 0.103. The summed E-state index contributed by atoms with van der Waals surface area (Å²) in [5, 5.41) is 0. The lowest BCUT2D eigenvalue weighted by Gasteiger charge is -2.14. The van der Waals surface area contributed by atoms with Crippen molar-refractivity contribution in [2.75, 3.05) is 0 Å². The maximum Gasteiger partial charge on any atom is 0.416 e. The molecule has 1 atom stereocenters. The molecule has 0 radical (unpaired) electrons. The molecule has 0 spiro atoms. The van der Waals surface area contributed by atoms with E-state index in [1.165, 1.54) is 6.07 Å². The van der Waals surface area contributed by atoms with Gasteiger partial charge in [0.15, 0.2) is 0 Å². The van der Waals surface area contributed by atoms with Crippen molar-refractivity contribution in [1.29, 1.82) is 0 Å². The predicted octanol–water partition coefficient (Wildman–Crippen LogP) is 3.85. The van der Waals surface area contributed by atoms with Crippen molar-refractivity contribution < 1.29 is 18.0 Å². The molecule has 1 aromatic carbocycles. The summed E-state index contributed by atoms with van der Waals surface area (Å²) >= 11 is 3.00. The summed E-state index contributed by atoms with van der Waals surface area (Å²) in [5.74, 6) is -0.415. The molecular weight excluding hydrogens is 285 g/mol. The first-order valence-corrected chi connectivity index (χ1v) is 5.45. The van der Waals surface area contributed by atoms with Crippen LogP contribution in [0.5, 0.6) is 0 Å². The third kappa shape index (κ3) is 3.33. The maximum absolute atomic E-state index is 12.7. The molecule has 0 saturated heterocycles. The van der Waals surface area contributed by atoms with E-state index in [-0.39, 0.29) is 12.0 Å². The summed E-state index contributed by atoms with van der Waals surface area (Å²) in [4.78, 5) is 10.4. The standard InChI is InChI=1S/C11H10BrF3O/c1-7(6-16)4-8-2-3-9(12)5-10(8)11(13,14)15/h2-3,5-7H,4H2,1H3. The van der Waals surface area contributed by atoms with Gasteiger partial charge in [0.1, 0.15) is 6.29 Å². The molecule has 0 amide bonds. The molecule has 1 aromatic rings. The number of benzene rings is 1. The van der Waals surface area contributed by atoms with Crippen LogP contribution in [-0.2, 0) is 17.4 Å². The van der Waals surface area contributed by atoms with Crippen LogP contribution in [-0.4, -0.2) is 6.29 Å². The van der Waals surface area contributed by atoms with Gasteiger partial charge in [-0.05, 0) is 24.1 Å². The Morgan fingerprint density at radius 1 is 1.44 bits per heavy atom. The lowest BCUT2D eigenvalue weighted by atomic mass is 9.97. The molecular formula is C11H10BrF3O. The molecule has 0 N–H and O–H groups in total. The lowest BCUT2D eigenvalue weighted by Crippen LogP contribution is -2.12. The second-order valence-electron chi connectivity index (χ2n) is 3.62. The number of alkyl halides is 3.